The Morgan fingerprint density at radius 2 is 1.56 bits per heavy atom. The molecule has 0 aliphatic carbocycles. The van der Waals surface area contributed by atoms with Gasteiger partial charge in [-0.3, -0.25) is 4.79 Å². The van der Waals surface area contributed by atoms with Gasteiger partial charge in [-0.15, -0.1) is 0 Å². The predicted octanol–water partition coefficient (Wildman–Crippen LogP) is 3.56. The van der Waals surface area contributed by atoms with Gasteiger partial charge in [0.25, 0.3) is 5.91 Å². The number of piperazine rings is 1. The minimum Gasteiger partial charge on any atom is -0.336 e. The van der Waals surface area contributed by atoms with E-state index < -0.39 is 26.6 Å². The molecule has 34 heavy (non-hydrogen) atoms. The molecular formula is C23H23F3N4O3S. The molecule has 1 aliphatic rings. The first-order valence-electron chi connectivity index (χ1n) is 10.7. The van der Waals surface area contributed by atoms with Gasteiger partial charge in [-0.05, 0) is 48.4 Å². The summed E-state index contributed by atoms with van der Waals surface area (Å²) in [5.74, 6) is -2.66. The van der Waals surface area contributed by atoms with Crippen molar-refractivity contribution in [3.05, 3.63) is 77.4 Å². The van der Waals surface area contributed by atoms with Crippen molar-refractivity contribution in [1.82, 2.24) is 19.0 Å². The molecule has 1 fully saturated rings. The van der Waals surface area contributed by atoms with Crippen molar-refractivity contribution in [2.24, 2.45) is 0 Å². The summed E-state index contributed by atoms with van der Waals surface area (Å²) in [5, 5.41) is 4.33. The van der Waals surface area contributed by atoms with E-state index in [1.54, 1.807) is 16.8 Å². The fourth-order valence-corrected chi connectivity index (χ4v) is 5.48. The Morgan fingerprint density at radius 3 is 2.18 bits per heavy atom. The standard InChI is InChI=1S/C23H23F3N4O3S/c1-15(2)22-19(14-27-30(22)18-6-3-16(24)4-7-18)23(31)28-9-11-29(12-10-28)34(32,33)21-13-17(25)5-8-20(21)26/h3-8,13-15H,9-12H2,1-2H3. The number of amides is 1. The molecule has 7 nitrogen and oxygen atoms in total. The summed E-state index contributed by atoms with van der Waals surface area (Å²) in [7, 11) is -4.25. The molecule has 3 aromatic rings. The van der Waals surface area contributed by atoms with Crippen molar-refractivity contribution < 1.29 is 26.4 Å². The molecule has 1 saturated heterocycles. The van der Waals surface area contributed by atoms with Gasteiger partial charge < -0.3 is 4.90 Å². The van der Waals surface area contributed by atoms with Crippen LogP contribution in [0, 0.1) is 17.5 Å². The van der Waals surface area contributed by atoms with Crippen LogP contribution in [0.3, 0.4) is 0 Å². The van der Waals surface area contributed by atoms with Crippen molar-refractivity contribution in [3.63, 3.8) is 0 Å². The number of rotatable bonds is 5. The molecule has 1 aromatic heterocycles. The maximum Gasteiger partial charge on any atom is 0.257 e. The normalized spacial score (nSPS) is 15.2. The van der Waals surface area contributed by atoms with E-state index >= 15 is 0 Å². The summed E-state index contributed by atoms with van der Waals surface area (Å²) in [6, 6.07) is 8.03. The van der Waals surface area contributed by atoms with Crippen LogP contribution in [-0.4, -0.2) is 59.5 Å². The van der Waals surface area contributed by atoms with E-state index in [1.165, 1.54) is 23.2 Å². The van der Waals surface area contributed by atoms with E-state index in [9.17, 15) is 26.4 Å². The van der Waals surface area contributed by atoms with Gasteiger partial charge in [-0.1, -0.05) is 13.8 Å². The summed E-state index contributed by atoms with van der Waals surface area (Å²) in [4.78, 5) is 14.1. The van der Waals surface area contributed by atoms with Gasteiger partial charge in [0, 0.05) is 26.2 Å². The summed E-state index contributed by atoms with van der Waals surface area (Å²) in [6.45, 7) is 3.85. The Labute approximate surface area is 195 Å². The third-order valence-electron chi connectivity index (χ3n) is 5.69. The highest BCUT2D eigenvalue weighted by Crippen LogP contribution is 2.26. The first-order chi connectivity index (χ1) is 16.1. The SMILES string of the molecule is CC(C)c1c(C(=O)N2CCN(S(=O)(=O)c3cc(F)ccc3F)CC2)cnn1-c1ccc(F)cc1. The van der Waals surface area contributed by atoms with Crippen LogP contribution in [0.2, 0.25) is 0 Å². The third-order valence-corrected chi connectivity index (χ3v) is 7.61. The quantitative estimate of drug-likeness (QED) is 0.546. The van der Waals surface area contributed by atoms with E-state index in [4.69, 9.17) is 0 Å². The van der Waals surface area contributed by atoms with Gasteiger partial charge in [0.1, 0.15) is 22.3 Å². The third kappa shape index (κ3) is 4.45. The molecule has 0 unspecified atom stereocenters. The molecule has 0 spiro atoms. The fourth-order valence-electron chi connectivity index (χ4n) is 3.98. The number of halogens is 3. The average Bonchev–Trinajstić information content (AvgIpc) is 3.26. The average molecular weight is 493 g/mol. The number of carbonyl (C=O) groups is 1. The van der Waals surface area contributed by atoms with Crippen LogP contribution >= 0.6 is 0 Å². The Kier molecular flexibility index (Phi) is 6.50. The molecule has 11 heteroatoms. The molecule has 2 aromatic carbocycles. The molecule has 180 valence electrons. The molecule has 0 atom stereocenters. The minimum atomic E-state index is -4.25. The molecule has 2 heterocycles. The molecule has 0 saturated carbocycles. The maximum atomic E-state index is 14.1. The van der Waals surface area contributed by atoms with Crippen LogP contribution in [0.4, 0.5) is 13.2 Å². The number of sulfonamides is 1. The van der Waals surface area contributed by atoms with Crippen molar-refractivity contribution in [3.8, 4) is 5.69 Å². The number of hydrogen-bond acceptors (Lipinski definition) is 4. The van der Waals surface area contributed by atoms with Gasteiger partial charge in [-0.2, -0.15) is 9.40 Å². The number of aromatic nitrogens is 2. The summed E-state index contributed by atoms with van der Waals surface area (Å²) in [6.07, 6.45) is 1.45. The highest BCUT2D eigenvalue weighted by molar-refractivity contribution is 7.89. The zero-order valence-electron chi connectivity index (χ0n) is 18.6. The van der Waals surface area contributed by atoms with Gasteiger partial charge in [-0.25, -0.2) is 26.3 Å². The molecule has 4 rings (SSSR count). The monoisotopic (exact) mass is 492 g/mol. The Bertz CT molecular complexity index is 1320. The Morgan fingerprint density at radius 1 is 0.941 bits per heavy atom. The number of carbonyl (C=O) groups excluding carboxylic acids is 1. The predicted molar refractivity (Wildman–Crippen MR) is 119 cm³/mol. The van der Waals surface area contributed by atoms with Crippen LogP contribution < -0.4 is 0 Å². The largest absolute Gasteiger partial charge is 0.336 e. The second-order valence-electron chi connectivity index (χ2n) is 8.26. The Balaban J connectivity index is 1.54. The highest BCUT2D eigenvalue weighted by Gasteiger charge is 2.34. The highest BCUT2D eigenvalue weighted by atomic mass is 32.2. The molecule has 0 bridgehead atoms. The summed E-state index contributed by atoms with van der Waals surface area (Å²) >= 11 is 0. The summed E-state index contributed by atoms with van der Waals surface area (Å²) < 4.78 is 69.2. The smallest absolute Gasteiger partial charge is 0.257 e. The van der Waals surface area contributed by atoms with Crippen LogP contribution in [0.1, 0.15) is 35.8 Å². The number of hydrogen-bond donors (Lipinski definition) is 0. The summed E-state index contributed by atoms with van der Waals surface area (Å²) in [5.41, 5.74) is 1.62. The minimum absolute atomic E-state index is 0.0624. The molecule has 0 N–H and O–H groups in total. The topological polar surface area (TPSA) is 75.5 Å². The fraction of sp³-hybridized carbons (Fsp3) is 0.304. The van der Waals surface area contributed by atoms with Gasteiger partial charge >= 0.3 is 0 Å². The lowest BCUT2D eigenvalue weighted by Crippen LogP contribution is -2.50. The molecule has 1 aliphatic heterocycles. The van der Waals surface area contributed by atoms with E-state index in [-0.39, 0.29) is 43.8 Å². The zero-order chi connectivity index (χ0) is 24.6. The molecule has 0 radical (unpaired) electrons. The van der Waals surface area contributed by atoms with E-state index in [0.717, 1.165) is 16.4 Å². The van der Waals surface area contributed by atoms with Crippen LogP contribution in [-0.2, 0) is 10.0 Å². The van der Waals surface area contributed by atoms with Crippen LogP contribution in [0.25, 0.3) is 5.69 Å². The second-order valence-corrected chi connectivity index (χ2v) is 10.2. The van der Waals surface area contributed by atoms with Crippen molar-refractivity contribution >= 4 is 15.9 Å². The lowest BCUT2D eigenvalue weighted by molar-refractivity contribution is 0.0696. The maximum absolute atomic E-state index is 14.1. The van der Waals surface area contributed by atoms with E-state index in [2.05, 4.69) is 5.10 Å². The molecule has 1 amide bonds. The van der Waals surface area contributed by atoms with Crippen LogP contribution in [0.15, 0.2) is 53.6 Å². The first kappa shape index (κ1) is 24.0. The van der Waals surface area contributed by atoms with Gasteiger partial charge in [0.05, 0.1) is 23.1 Å². The van der Waals surface area contributed by atoms with Gasteiger partial charge in [0.15, 0.2) is 0 Å². The first-order valence-corrected chi connectivity index (χ1v) is 12.1. The molecular weight excluding hydrogens is 469 g/mol. The lowest BCUT2D eigenvalue weighted by Gasteiger charge is -2.34. The number of nitrogens with zero attached hydrogens (tertiary/aromatic N) is 4. The van der Waals surface area contributed by atoms with Crippen LogP contribution in [0.5, 0.6) is 0 Å². The lowest BCUT2D eigenvalue weighted by atomic mass is 10.0. The zero-order valence-corrected chi connectivity index (χ0v) is 19.4. The van der Waals surface area contributed by atoms with E-state index in [0.29, 0.717) is 23.0 Å². The van der Waals surface area contributed by atoms with E-state index in [1.807, 2.05) is 13.8 Å². The Hall–Kier alpha value is -3.18. The second kappa shape index (κ2) is 9.22. The van der Waals surface area contributed by atoms with Crippen molar-refractivity contribution in [1.29, 1.82) is 0 Å². The van der Waals surface area contributed by atoms with Gasteiger partial charge in [0.2, 0.25) is 10.0 Å². The van der Waals surface area contributed by atoms with Crippen molar-refractivity contribution in [2.45, 2.75) is 24.7 Å². The van der Waals surface area contributed by atoms with Crippen molar-refractivity contribution in [2.75, 3.05) is 26.2 Å². The number of benzene rings is 2.